The predicted octanol–water partition coefficient (Wildman–Crippen LogP) is 2.12. The van der Waals surface area contributed by atoms with E-state index in [4.69, 9.17) is 15.2 Å². The minimum atomic E-state index is -0.504. The molecule has 0 aromatic heterocycles. The molecule has 0 aliphatic rings. The molecule has 1 rings (SSSR count). The highest BCUT2D eigenvalue weighted by Gasteiger charge is 2.10. The lowest BCUT2D eigenvalue weighted by molar-refractivity contribution is -0.383. The van der Waals surface area contributed by atoms with Crippen LogP contribution < -0.4 is 5.73 Å². The Balaban J connectivity index is 2.39. The van der Waals surface area contributed by atoms with Crippen LogP contribution in [0.2, 0.25) is 0 Å². The number of rotatable bonds is 7. The van der Waals surface area contributed by atoms with E-state index >= 15 is 0 Å². The standard InChI is InChI=1S/C12H18N2O4/c1-9(2)18-6-5-17-8-10-3-4-12(14(15)16)11(13)7-10/h3-4,7,9H,5-6,8,13H2,1-2H3. The monoisotopic (exact) mass is 254 g/mol. The SMILES string of the molecule is CC(C)OCCOCc1ccc([N+](=O)[O-])c(N)c1. The largest absolute Gasteiger partial charge is 0.393 e. The summed E-state index contributed by atoms with van der Waals surface area (Å²) >= 11 is 0. The molecule has 100 valence electrons. The molecule has 0 fully saturated rings. The molecular weight excluding hydrogens is 236 g/mol. The fourth-order valence-corrected chi connectivity index (χ4v) is 1.39. The van der Waals surface area contributed by atoms with Crippen molar-refractivity contribution in [3.05, 3.63) is 33.9 Å². The van der Waals surface area contributed by atoms with E-state index in [1.165, 1.54) is 6.07 Å². The average molecular weight is 254 g/mol. The molecular formula is C12H18N2O4. The molecule has 0 radical (unpaired) electrons. The second kappa shape index (κ2) is 6.93. The third-order valence-corrected chi connectivity index (χ3v) is 2.24. The van der Waals surface area contributed by atoms with Crippen molar-refractivity contribution in [2.45, 2.75) is 26.6 Å². The van der Waals surface area contributed by atoms with E-state index < -0.39 is 4.92 Å². The van der Waals surface area contributed by atoms with Crippen LogP contribution in [0.25, 0.3) is 0 Å². The Bertz CT molecular complexity index is 407. The first kappa shape index (κ1) is 14.4. The van der Waals surface area contributed by atoms with Crippen LogP contribution in [0.3, 0.4) is 0 Å². The van der Waals surface area contributed by atoms with Gasteiger partial charge in [0, 0.05) is 6.07 Å². The van der Waals surface area contributed by atoms with Crippen LogP contribution in [-0.2, 0) is 16.1 Å². The lowest BCUT2D eigenvalue weighted by Gasteiger charge is -2.08. The summed E-state index contributed by atoms with van der Waals surface area (Å²) < 4.78 is 10.7. The summed E-state index contributed by atoms with van der Waals surface area (Å²) in [6.45, 7) is 5.28. The molecule has 0 saturated carbocycles. The quantitative estimate of drug-likeness (QED) is 0.348. The maximum atomic E-state index is 10.6. The third kappa shape index (κ3) is 4.68. The molecule has 0 spiro atoms. The maximum Gasteiger partial charge on any atom is 0.292 e. The van der Waals surface area contributed by atoms with Crippen molar-refractivity contribution in [1.29, 1.82) is 0 Å². The van der Waals surface area contributed by atoms with Gasteiger partial charge in [0.25, 0.3) is 5.69 Å². The van der Waals surface area contributed by atoms with Gasteiger partial charge in [0.2, 0.25) is 0 Å². The highest BCUT2D eigenvalue weighted by molar-refractivity contribution is 5.59. The number of hydrogen-bond donors (Lipinski definition) is 1. The summed E-state index contributed by atoms with van der Waals surface area (Å²) in [5, 5.41) is 10.6. The zero-order valence-electron chi connectivity index (χ0n) is 10.6. The Hall–Kier alpha value is -1.66. The molecule has 0 heterocycles. The third-order valence-electron chi connectivity index (χ3n) is 2.24. The number of nitro benzene ring substituents is 1. The Morgan fingerprint density at radius 1 is 1.39 bits per heavy atom. The first-order chi connectivity index (χ1) is 8.50. The Kier molecular flexibility index (Phi) is 5.54. The minimum absolute atomic E-state index is 0.0816. The summed E-state index contributed by atoms with van der Waals surface area (Å²) in [6, 6.07) is 4.58. The minimum Gasteiger partial charge on any atom is -0.393 e. The average Bonchev–Trinajstić information content (AvgIpc) is 2.27. The van der Waals surface area contributed by atoms with Crippen LogP contribution in [0.4, 0.5) is 11.4 Å². The van der Waals surface area contributed by atoms with Crippen molar-refractivity contribution in [1.82, 2.24) is 0 Å². The topological polar surface area (TPSA) is 87.6 Å². The van der Waals surface area contributed by atoms with E-state index in [0.29, 0.717) is 19.8 Å². The van der Waals surface area contributed by atoms with Crippen LogP contribution in [0.1, 0.15) is 19.4 Å². The Morgan fingerprint density at radius 2 is 2.11 bits per heavy atom. The van der Waals surface area contributed by atoms with E-state index in [-0.39, 0.29) is 17.5 Å². The van der Waals surface area contributed by atoms with Crippen LogP contribution in [0.5, 0.6) is 0 Å². The lowest BCUT2D eigenvalue weighted by Crippen LogP contribution is -2.09. The summed E-state index contributed by atoms with van der Waals surface area (Å²) in [7, 11) is 0. The Labute approximate surface area is 106 Å². The smallest absolute Gasteiger partial charge is 0.292 e. The van der Waals surface area contributed by atoms with Gasteiger partial charge in [-0.3, -0.25) is 10.1 Å². The van der Waals surface area contributed by atoms with Crippen molar-refractivity contribution >= 4 is 11.4 Å². The van der Waals surface area contributed by atoms with Gasteiger partial charge in [0.1, 0.15) is 5.69 Å². The number of ether oxygens (including phenoxy) is 2. The molecule has 0 amide bonds. The second-order valence-corrected chi connectivity index (χ2v) is 4.12. The van der Waals surface area contributed by atoms with E-state index in [0.717, 1.165) is 5.56 Å². The van der Waals surface area contributed by atoms with Crippen molar-refractivity contribution < 1.29 is 14.4 Å². The normalized spacial score (nSPS) is 10.8. The van der Waals surface area contributed by atoms with Crippen LogP contribution in [0, 0.1) is 10.1 Å². The van der Waals surface area contributed by atoms with Crippen LogP contribution in [-0.4, -0.2) is 24.2 Å². The molecule has 0 aliphatic heterocycles. The fraction of sp³-hybridized carbons (Fsp3) is 0.500. The van der Waals surface area contributed by atoms with Gasteiger partial charge in [-0.1, -0.05) is 0 Å². The number of anilines is 1. The molecule has 0 atom stereocenters. The summed E-state index contributed by atoms with van der Waals surface area (Å²) in [5.74, 6) is 0. The molecule has 1 aromatic carbocycles. The molecule has 6 nitrogen and oxygen atoms in total. The predicted molar refractivity (Wildman–Crippen MR) is 68.3 cm³/mol. The van der Waals surface area contributed by atoms with Gasteiger partial charge >= 0.3 is 0 Å². The summed E-state index contributed by atoms with van der Waals surface area (Å²) in [5.41, 5.74) is 6.45. The van der Waals surface area contributed by atoms with Crippen molar-refractivity contribution in [2.75, 3.05) is 18.9 Å². The second-order valence-electron chi connectivity index (χ2n) is 4.12. The van der Waals surface area contributed by atoms with Crippen LogP contribution in [0.15, 0.2) is 18.2 Å². The van der Waals surface area contributed by atoms with Gasteiger partial charge in [-0.2, -0.15) is 0 Å². The van der Waals surface area contributed by atoms with E-state index in [9.17, 15) is 10.1 Å². The summed E-state index contributed by atoms with van der Waals surface area (Å²) in [6.07, 6.45) is 0.184. The number of benzene rings is 1. The van der Waals surface area contributed by atoms with Gasteiger partial charge in [-0.15, -0.1) is 0 Å². The number of nitrogens with zero attached hydrogens (tertiary/aromatic N) is 1. The first-order valence-corrected chi connectivity index (χ1v) is 5.73. The van der Waals surface area contributed by atoms with Crippen molar-refractivity contribution in [3.63, 3.8) is 0 Å². The lowest BCUT2D eigenvalue weighted by atomic mass is 10.2. The fourth-order valence-electron chi connectivity index (χ4n) is 1.39. The van der Waals surface area contributed by atoms with Gasteiger partial charge in [0.15, 0.2) is 0 Å². The van der Waals surface area contributed by atoms with E-state index in [2.05, 4.69) is 0 Å². The molecule has 6 heteroatoms. The van der Waals surface area contributed by atoms with E-state index in [1.54, 1.807) is 12.1 Å². The van der Waals surface area contributed by atoms with Gasteiger partial charge in [-0.25, -0.2) is 0 Å². The Morgan fingerprint density at radius 3 is 2.67 bits per heavy atom. The number of nitrogens with two attached hydrogens (primary N) is 1. The van der Waals surface area contributed by atoms with Crippen LogP contribution >= 0.6 is 0 Å². The highest BCUT2D eigenvalue weighted by atomic mass is 16.6. The van der Waals surface area contributed by atoms with E-state index in [1.807, 2.05) is 13.8 Å². The summed E-state index contributed by atoms with van der Waals surface area (Å²) in [4.78, 5) is 10.1. The number of hydrogen-bond acceptors (Lipinski definition) is 5. The maximum absolute atomic E-state index is 10.6. The number of nitro groups is 1. The highest BCUT2D eigenvalue weighted by Crippen LogP contribution is 2.22. The molecule has 0 aliphatic carbocycles. The van der Waals surface area contributed by atoms with Gasteiger partial charge < -0.3 is 15.2 Å². The first-order valence-electron chi connectivity index (χ1n) is 5.73. The number of nitrogen functional groups attached to an aromatic ring is 1. The molecule has 2 N–H and O–H groups in total. The molecule has 0 bridgehead atoms. The van der Waals surface area contributed by atoms with Crippen molar-refractivity contribution in [3.8, 4) is 0 Å². The zero-order valence-corrected chi connectivity index (χ0v) is 10.6. The molecule has 18 heavy (non-hydrogen) atoms. The molecule has 1 aromatic rings. The molecule has 0 saturated heterocycles. The van der Waals surface area contributed by atoms with Gasteiger partial charge in [0.05, 0.1) is 30.8 Å². The molecule has 0 unspecified atom stereocenters. The zero-order chi connectivity index (χ0) is 13.5. The van der Waals surface area contributed by atoms with Gasteiger partial charge in [-0.05, 0) is 31.5 Å². The van der Waals surface area contributed by atoms with Crippen molar-refractivity contribution in [2.24, 2.45) is 0 Å².